The lowest BCUT2D eigenvalue weighted by molar-refractivity contribution is -0.143. The van der Waals surface area contributed by atoms with Crippen molar-refractivity contribution in [3.8, 4) is 22.9 Å². The predicted molar refractivity (Wildman–Crippen MR) is 188 cm³/mol. The lowest BCUT2D eigenvalue weighted by Crippen LogP contribution is -2.16. The van der Waals surface area contributed by atoms with E-state index in [1.54, 1.807) is 94.4 Å². The van der Waals surface area contributed by atoms with Crippen molar-refractivity contribution >= 4 is 63.3 Å². The highest BCUT2D eigenvalue weighted by atomic mass is 32.2. The average molecular weight is 713 g/mol. The molecule has 2 atom stereocenters. The topological polar surface area (TPSA) is 172 Å². The maximum absolute atomic E-state index is 13.8. The summed E-state index contributed by atoms with van der Waals surface area (Å²) in [5.41, 5.74) is 1.68. The number of carbonyl (C=O) groups excluding carboxylic acids is 3. The molecule has 13 nitrogen and oxygen atoms in total. The van der Waals surface area contributed by atoms with E-state index in [4.69, 9.17) is 9.47 Å². The van der Waals surface area contributed by atoms with Gasteiger partial charge in [-0.1, -0.05) is 30.3 Å². The number of fused-ring (bicyclic) bond motifs is 2. The van der Waals surface area contributed by atoms with Gasteiger partial charge in [0.25, 0.3) is 0 Å². The predicted octanol–water partition coefficient (Wildman–Crippen LogP) is 5.88. The Morgan fingerprint density at radius 2 is 1.18 bits per heavy atom. The number of phenols is 2. The molecule has 50 heavy (non-hydrogen) atoms. The Balaban J connectivity index is 1.44. The quantitative estimate of drug-likeness (QED) is 0.0876. The van der Waals surface area contributed by atoms with Crippen LogP contribution in [0.1, 0.15) is 43.6 Å². The molecule has 6 rings (SSSR count). The molecule has 4 aromatic carbocycles. The van der Waals surface area contributed by atoms with E-state index in [1.807, 2.05) is 0 Å². The second kappa shape index (κ2) is 14.6. The van der Waals surface area contributed by atoms with Crippen molar-refractivity contribution in [2.45, 2.75) is 48.0 Å². The number of rotatable bonds is 12. The van der Waals surface area contributed by atoms with Crippen LogP contribution in [0.2, 0.25) is 0 Å². The molecule has 0 bridgehead atoms. The SMILES string of the molecule is CCOC(=O)C(C)Sc1ccc2nn(-c3cc(C(=O)c4ccccc4)c(O)c(-n4nc5ccc(SC(C)C(=O)OCC)cc5n4)c3O)nc2c1. The van der Waals surface area contributed by atoms with Gasteiger partial charge in [0.1, 0.15) is 38.3 Å². The van der Waals surface area contributed by atoms with Gasteiger partial charge in [-0.05, 0) is 70.2 Å². The normalized spacial score (nSPS) is 12.6. The molecule has 6 aromatic rings. The van der Waals surface area contributed by atoms with Crippen molar-refractivity contribution in [2.75, 3.05) is 13.2 Å². The van der Waals surface area contributed by atoms with Crippen LogP contribution in [-0.4, -0.2) is 81.6 Å². The molecule has 0 saturated heterocycles. The molecular formula is C35H32N6O7S2. The molecular weight excluding hydrogens is 681 g/mol. The average Bonchev–Trinajstić information content (AvgIpc) is 3.72. The van der Waals surface area contributed by atoms with Crippen LogP contribution in [0.3, 0.4) is 0 Å². The maximum atomic E-state index is 13.8. The molecule has 0 fully saturated rings. The first-order chi connectivity index (χ1) is 24.1. The zero-order chi connectivity index (χ0) is 35.5. The van der Waals surface area contributed by atoms with Crippen molar-refractivity contribution in [1.29, 1.82) is 0 Å². The van der Waals surface area contributed by atoms with E-state index in [2.05, 4.69) is 20.4 Å². The first-order valence-electron chi connectivity index (χ1n) is 15.7. The van der Waals surface area contributed by atoms with Gasteiger partial charge in [0, 0.05) is 15.4 Å². The van der Waals surface area contributed by atoms with Gasteiger partial charge in [-0.3, -0.25) is 14.4 Å². The van der Waals surface area contributed by atoms with E-state index in [0.29, 0.717) is 27.6 Å². The van der Waals surface area contributed by atoms with Crippen LogP contribution in [0.5, 0.6) is 11.5 Å². The van der Waals surface area contributed by atoms with Gasteiger partial charge >= 0.3 is 11.9 Å². The largest absolute Gasteiger partial charge is 0.505 e. The molecule has 15 heteroatoms. The minimum Gasteiger partial charge on any atom is -0.505 e. The molecule has 256 valence electrons. The van der Waals surface area contributed by atoms with Gasteiger partial charge in [-0.15, -0.1) is 53.5 Å². The smallest absolute Gasteiger partial charge is 0.319 e. The Labute approximate surface area is 294 Å². The second-order valence-corrected chi connectivity index (χ2v) is 13.8. The number of hydrogen-bond acceptors (Lipinski definition) is 13. The molecule has 0 spiro atoms. The number of ether oxygens (including phenoxy) is 2. The Kier molecular flexibility index (Phi) is 10.1. The number of aromatic hydroxyl groups is 2. The zero-order valence-electron chi connectivity index (χ0n) is 27.4. The van der Waals surface area contributed by atoms with Crippen molar-refractivity contribution < 1.29 is 34.1 Å². The summed E-state index contributed by atoms with van der Waals surface area (Å²) < 4.78 is 10.2. The van der Waals surface area contributed by atoms with E-state index in [9.17, 15) is 24.6 Å². The number of ketones is 1. The van der Waals surface area contributed by atoms with Crippen LogP contribution in [0.25, 0.3) is 33.4 Å². The van der Waals surface area contributed by atoms with E-state index in [1.165, 1.54) is 34.4 Å². The molecule has 0 radical (unpaired) electrons. The highest BCUT2D eigenvalue weighted by molar-refractivity contribution is 8.00. The summed E-state index contributed by atoms with van der Waals surface area (Å²) in [5, 5.41) is 40.4. The van der Waals surface area contributed by atoms with E-state index < -0.39 is 27.8 Å². The molecule has 0 aliphatic heterocycles. The molecule has 0 saturated carbocycles. The standard InChI is InChI=1S/C35H32N6O7S2/c1-5-47-34(45)19(3)49-22-12-14-25-27(16-22)38-40(36-25)29-18-24(31(42)21-10-8-7-9-11-21)32(43)30(33(29)44)41-37-26-15-13-23(17-28(26)39-41)50-20(4)35(46)48-6-2/h7-20,43-44H,5-6H2,1-4H3. The van der Waals surface area contributed by atoms with Crippen LogP contribution in [-0.2, 0) is 19.1 Å². The Morgan fingerprint density at radius 3 is 1.72 bits per heavy atom. The van der Waals surface area contributed by atoms with Crippen molar-refractivity contribution in [3.05, 3.63) is 83.9 Å². The van der Waals surface area contributed by atoms with Crippen molar-refractivity contribution in [1.82, 2.24) is 30.0 Å². The van der Waals surface area contributed by atoms with E-state index in [0.717, 1.165) is 14.6 Å². The number of esters is 2. The minimum atomic E-state index is -0.547. The number of hydrogen-bond donors (Lipinski definition) is 2. The number of carbonyl (C=O) groups is 3. The number of benzene rings is 4. The van der Waals surface area contributed by atoms with Crippen molar-refractivity contribution in [3.63, 3.8) is 0 Å². The molecule has 2 aromatic heterocycles. The Morgan fingerprint density at radius 1 is 0.680 bits per heavy atom. The first kappa shape index (κ1) is 34.5. The fraction of sp³-hybridized carbons (Fsp3) is 0.229. The lowest BCUT2D eigenvalue weighted by atomic mass is 10.0. The van der Waals surface area contributed by atoms with Crippen LogP contribution in [0.15, 0.2) is 82.6 Å². The van der Waals surface area contributed by atoms with Gasteiger partial charge in [-0.25, -0.2) is 0 Å². The molecule has 0 amide bonds. The fourth-order valence-corrected chi connectivity index (χ4v) is 6.86. The third-order valence-electron chi connectivity index (χ3n) is 7.49. The van der Waals surface area contributed by atoms with Crippen LogP contribution in [0.4, 0.5) is 0 Å². The van der Waals surface area contributed by atoms with Crippen LogP contribution in [0, 0.1) is 0 Å². The van der Waals surface area contributed by atoms with Crippen LogP contribution >= 0.6 is 23.5 Å². The summed E-state index contributed by atoms with van der Waals surface area (Å²) in [6.07, 6.45) is 0. The monoisotopic (exact) mass is 712 g/mol. The highest BCUT2D eigenvalue weighted by Crippen LogP contribution is 2.40. The Bertz CT molecular complexity index is 2240. The molecule has 0 aliphatic rings. The van der Waals surface area contributed by atoms with E-state index in [-0.39, 0.29) is 42.1 Å². The lowest BCUT2D eigenvalue weighted by Gasteiger charge is -2.14. The molecule has 2 unspecified atom stereocenters. The summed E-state index contributed by atoms with van der Waals surface area (Å²) in [7, 11) is 0. The number of aromatic nitrogens is 6. The summed E-state index contributed by atoms with van der Waals surface area (Å²) in [6.45, 7) is 7.55. The Hall–Kier alpha value is -5.41. The first-order valence-corrected chi connectivity index (χ1v) is 17.4. The molecule has 2 N–H and O–H groups in total. The van der Waals surface area contributed by atoms with E-state index >= 15 is 0 Å². The zero-order valence-corrected chi connectivity index (χ0v) is 29.1. The second-order valence-electron chi connectivity index (χ2n) is 11.0. The van der Waals surface area contributed by atoms with Gasteiger partial charge in [0.2, 0.25) is 0 Å². The number of phenolic OH excluding ortho intramolecular Hbond substituents is 2. The highest BCUT2D eigenvalue weighted by Gasteiger charge is 2.27. The minimum absolute atomic E-state index is 0.0109. The van der Waals surface area contributed by atoms with Crippen LogP contribution < -0.4 is 0 Å². The summed E-state index contributed by atoms with van der Waals surface area (Å²) in [5.74, 6) is -2.22. The molecule has 2 heterocycles. The molecule has 0 aliphatic carbocycles. The van der Waals surface area contributed by atoms with Crippen molar-refractivity contribution in [2.24, 2.45) is 0 Å². The summed E-state index contributed by atoms with van der Waals surface area (Å²) in [4.78, 5) is 41.8. The third kappa shape index (κ3) is 7.00. The van der Waals surface area contributed by atoms with Gasteiger partial charge in [-0.2, -0.15) is 0 Å². The summed E-state index contributed by atoms with van der Waals surface area (Å²) >= 11 is 2.60. The van der Waals surface area contributed by atoms with Gasteiger partial charge in [0.15, 0.2) is 23.0 Å². The van der Waals surface area contributed by atoms with Gasteiger partial charge in [0.05, 0.1) is 18.8 Å². The summed E-state index contributed by atoms with van der Waals surface area (Å²) in [6, 6.07) is 20.2. The fourth-order valence-electron chi connectivity index (χ4n) is 5.06. The number of nitrogens with zero attached hydrogens (tertiary/aromatic N) is 6. The third-order valence-corrected chi connectivity index (χ3v) is 9.63. The maximum Gasteiger partial charge on any atom is 0.319 e. The van der Waals surface area contributed by atoms with Gasteiger partial charge < -0.3 is 19.7 Å². The number of thioether (sulfide) groups is 2.